The molecule has 0 aliphatic rings. The van der Waals surface area contributed by atoms with Crippen LogP contribution in [0.5, 0.6) is 5.88 Å². The quantitative estimate of drug-likeness (QED) is 0.311. The first kappa shape index (κ1) is 23.5. The van der Waals surface area contributed by atoms with E-state index >= 15 is 0 Å². The minimum absolute atomic E-state index is 0.146. The molecule has 0 bridgehead atoms. The lowest BCUT2D eigenvalue weighted by Gasteiger charge is -2.11. The lowest BCUT2D eigenvalue weighted by molar-refractivity contribution is -0.0534. The molecule has 0 spiro atoms. The summed E-state index contributed by atoms with van der Waals surface area (Å²) in [6.07, 6.45) is 1.59. The molecule has 0 aliphatic carbocycles. The predicted octanol–water partition coefficient (Wildman–Crippen LogP) is 4.33. The number of aromatic nitrogens is 7. The van der Waals surface area contributed by atoms with Crippen molar-refractivity contribution in [3.63, 3.8) is 0 Å². The normalized spacial score (nSPS) is 11.0. The fourth-order valence-electron chi connectivity index (χ4n) is 3.82. The maximum atomic E-state index is 12.3. The number of carbonyl (C=O) groups excluding carboxylic acids is 1. The molecule has 4 heterocycles. The lowest BCUT2D eigenvalue weighted by atomic mass is 10.0. The predicted molar refractivity (Wildman–Crippen MR) is 128 cm³/mol. The van der Waals surface area contributed by atoms with E-state index in [9.17, 15) is 18.8 Å². The van der Waals surface area contributed by atoms with Crippen LogP contribution in [0.2, 0.25) is 0 Å². The van der Waals surface area contributed by atoms with Crippen molar-refractivity contribution in [2.45, 2.75) is 20.5 Å². The molecule has 184 valence electrons. The number of nitrogens with one attached hydrogen (secondary N) is 2. The van der Waals surface area contributed by atoms with Gasteiger partial charge in [0.05, 0.1) is 22.3 Å². The van der Waals surface area contributed by atoms with Crippen molar-refractivity contribution in [3.8, 4) is 29.0 Å². The number of hydrogen-bond donors (Lipinski definition) is 2. The van der Waals surface area contributed by atoms with Gasteiger partial charge in [-0.25, -0.2) is 9.97 Å². The van der Waals surface area contributed by atoms with Crippen LogP contribution < -0.4 is 10.1 Å². The number of ketones is 1. The summed E-state index contributed by atoms with van der Waals surface area (Å²) in [7, 11) is 0. The number of rotatable bonds is 7. The van der Waals surface area contributed by atoms with Gasteiger partial charge in [0.1, 0.15) is 18.2 Å². The number of imidazole rings is 1. The summed E-state index contributed by atoms with van der Waals surface area (Å²) >= 11 is 0. The molecular formula is C24H17F2N9O2. The van der Waals surface area contributed by atoms with E-state index in [-0.39, 0.29) is 17.4 Å². The van der Waals surface area contributed by atoms with Crippen LogP contribution in [0.15, 0.2) is 48.8 Å². The third kappa shape index (κ3) is 4.55. The number of aromatic amines is 1. The van der Waals surface area contributed by atoms with Crippen molar-refractivity contribution >= 4 is 28.3 Å². The number of hydrogen-bond acceptors (Lipinski definition) is 9. The van der Waals surface area contributed by atoms with Crippen LogP contribution >= 0.6 is 0 Å². The summed E-state index contributed by atoms with van der Waals surface area (Å²) in [6.45, 7) is 0.214. The average molecular weight is 501 g/mol. The highest BCUT2D eigenvalue weighted by Gasteiger charge is 2.21. The first-order valence-corrected chi connectivity index (χ1v) is 10.8. The highest BCUT2D eigenvalue weighted by Crippen LogP contribution is 2.30. The number of H-pyrrole nitrogens is 1. The third-order valence-electron chi connectivity index (χ3n) is 5.47. The minimum Gasteiger partial charge on any atom is -0.415 e. The van der Waals surface area contributed by atoms with Gasteiger partial charge in [-0.05, 0) is 50.2 Å². The van der Waals surface area contributed by atoms with E-state index in [2.05, 4.69) is 35.4 Å². The fraction of sp³-hybridized carbons (Fsp3) is 0.125. The summed E-state index contributed by atoms with van der Waals surface area (Å²) in [6, 6.07) is 13.5. The molecule has 4 aromatic heterocycles. The maximum Gasteiger partial charge on any atom is 0.388 e. The number of halogens is 2. The van der Waals surface area contributed by atoms with E-state index in [0.29, 0.717) is 45.4 Å². The van der Waals surface area contributed by atoms with E-state index in [4.69, 9.17) is 4.98 Å². The van der Waals surface area contributed by atoms with Gasteiger partial charge < -0.3 is 10.1 Å². The summed E-state index contributed by atoms with van der Waals surface area (Å²) in [5.41, 5.74) is 3.96. The minimum atomic E-state index is -2.98. The molecular weight excluding hydrogens is 484 g/mol. The van der Waals surface area contributed by atoms with Gasteiger partial charge in [0.2, 0.25) is 5.88 Å². The van der Waals surface area contributed by atoms with Gasteiger partial charge in [0.25, 0.3) is 0 Å². The van der Waals surface area contributed by atoms with Crippen molar-refractivity contribution < 1.29 is 18.3 Å². The average Bonchev–Trinajstić information content (AvgIpc) is 3.47. The van der Waals surface area contributed by atoms with Crippen molar-refractivity contribution in [2.75, 3.05) is 5.32 Å². The molecule has 0 saturated heterocycles. The van der Waals surface area contributed by atoms with Crippen LogP contribution in [0, 0.1) is 18.3 Å². The van der Waals surface area contributed by atoms with Crippen LogP contribution in [0.25, 0.3) is 28.1 Å². The van der Waals surface area contributed by atoms with E-state index in [0.717, 1.165) is 5.52 Å². The molecule has 13 heteroatoms. The molecule has 1 aromatic carbocycles. The largest absolute Gasteiger partial charge is 0.415 e. The fourth-order valence-corrected chi connectivity index (χ4v) is 3.82. The molecule has 0 unspecified atom stereocenters. The molecule has 0 radical (unpaired) electrons. The van der Waals surface area contributed by atoms with Crippen LogP contribution in [-0.4, -0.2) is 47.3 Å². The Bertz CT molecular complexity index is 1670. The molecule has 5 rings (SSSR count). The zero-order valence-corrected chi connectivity index (χ0v) is 19.4. The van der Waals surface area contributed by atoms with Gasteiger partial charge in [0.15, 0.2) is 17.3 Å². The topological polar surface area (TPSA) is 147 Å². The molecule has 0 atom stereocenters. The maximum absolute atomic E-state index is 12.3. The number of carbonyl (C=O) groups is 1. The van der Waals surface area contributed by atoms with Crippen molar-refractivity contribution in [1.82, 2.24) is 34.9 Å². The van der Waals surface area contributed by atoms with Crippen LogP contribution in [0.3, 0.4) is 0 Å². The lowest BCUT2D eigenvalue weighted by Crippen LogP contribution is -2.05. The standard InChI is InChI=1S/C24H17F2N9O2/c1-12-22(17(10-27)32-31-12)23-15(13(2)36)4-7-20(30-23)35-11-28-16-9-14(3-5-18(16)35)29-19-6-8-21(34-33-19)37-24(25)26/h3-9,11,24H,1-2H3,(H,29,33)(H,31,32). The highest BCUT2D eigenvalue weighted by atomic mass is 19.3. The van der Waals surface area contributed by atoms with Gasteiger partial charge in [0, 0.05) is 23.0 Å². The van der Waals surface area contributed by atoms with Gasteiger partial charge >= 0.3 is 6.61 Å². The Labute approximate surface area is 207 Å². The summed E-state index contributed by atoms with van der Waals surface area (Å²) < 4.78 is 30.5. The number of Topliss-reactive ketones (excluding diaryl/α,β-unsaturated/α-hetero) is 1. The van der Waals surface area contributed by atoms with Gasteiger partial charge in [-0.3, -0.25) is 14.5 Å². The molecule has 11 nitrogen and oxygen atoms in total. The Balaban J connectivity index is 1.49. The number of nitriles is 1. The van der Waals surface area contributed by atoms with Crippen LogP contribution in [0.4, 0.5) is 20.3 Å². The molecule has 2 N–H and O–H groups in total. The molecule has 37 heavy (non-hydrogen) atoms. The van der Waals surface area contributed by atoms with Gasteiger partial charge in [-0.1, -0.05) is 0 Å². The zero-order chi connectivity index (χ0) is 26.1. The first-order valence-electron chi connectivity index (χ1n) is 10.8. The zero-order valence-electron chi connectivity index (χ0n) is 19.4. The van der Waals surface area contributed by atoms with Gasteiger partial charge in [-0.15, -0.1) is 10.2 Å². The Kier molecular flexibility index (Phi) is 5.98. The second kappa shape index (κ2) is 9.42. The second-order valence-electron chi connectivity index (χ2n) is 7.88. The first-order chi connectivity index (χ1) is 17.8. The van der Waals surface area contributed by atoms with Crippen molar-refractivity contribution in [2.24, 2.45) is 0 Å². The van der Waals surface area contributed by atoms with E-state index in [1.54, 1.807) is 42.1 Å². The van der Waals surface area contributed by atoms with Crippen LogP contribution in [-0.2, 0) is 0 Å². The Hall–Kier alpha value is -5.25. The molecule has 0 fully saturated rings. The number of anilines is 2. The van der Waals surface area contributed by atoms with Crippen molar-refractivity contribution in [3.05, 3.63) is 65.7 Å². The SMILES string of the molecule is CC(=O)c1ccc(-n2cnc3cc(Nc4ccc(OC(F)F)nn4)ccc32)nc1-c1c(C#N)n[nH]c1C. The Morgan fingerprint density at radius 1 is 1.19 bits per heavy atom. The molecule has 0 aliphatic heterocycles. The van der Waals surface area contributed by atoms with Crippen molar-refractivity contribution in [1.29, 1.82) is 5.26 Å². The Morgan fingerprint density at radius 2 is 2.03 bits per heavy atom. The van der Waals surface area contributed by atoms with Crippen LogP contribution in [0.1, 0.15) is 28.7 Å². The number of pyridine rings is 1. The van der Waals surface area contributed by atoms with E-state index in [1.807, 2.05) is 12.1 Å². The molecule has 0 amide bonds. The smallest absolute Gasteiger partial charge is 0.388 e. The highest BCUT2D eigenvalue weighted by molar-refractivity contribution is 6.00. The van der Waals surface area contributed by atoms with Gasteiger partial charge in [-0.2, -0.15) is 19.1 Å². The monoisotopic (exact) mass is 501 g/mol. The van der Waals surface area contributed by atoms with E-state index in [1.165, 1.54) is 19.1 Å². The summed E-state index contributed by atoms with van der Waals surface area (Å²) in [5, 5.41) is 26.7. The molecule has 0 saturated carbocycles. The van der Waals surface area contributed by atoms with E-state index < -0.39 is 6.61 Å². The second-order valence-corrected chi connectivity index (χ2v) is 7.88. The summed E-state index contributed by atoms with van der Waals surface area (Å²) in [4.78, 5) is 21.5. The number of fused-ring (bicyclic) bond motifs is 1. The number of benzene rings is 1. The number of alkyl halides is 2. The summed E-state index contributed by atoms with van der Waals surface area (Å²) in [5.74, 6) is 0.343. The Morgan fingerprint density at radius 3 is 2.73 bits per heavy atom. The number of aryl methyl sites for hydroxylation is 1. The third-order valence-corrected chi connectivity index (χ3v) is 5.47. The molecule has 5 aromatic rings. The number of nitrogens with zero attached hydrogens (tertiary/aromatic N) is 7. The number of ether oxygens (including phenoxy) is 1.